The van der Waals surface area contributed by atoms with Gasteiger partial charge in [0.15, 0.2) is 0 Å². The first-order chi connectivity index (χ1) is 8.98. The summed E-state index contributed by atoms with van der Waals surface area (Å²) >= 11 is 0. The van der Waals surface area contributed by atoms with Gasteiger partial charge in [-0.25, -0.2) is 4.79 Å². The van der Waals surface area contributed by atoms with Gasteiger partial charge in [0.25, 0.3) is 0 Å². The van der Waals surface area contributed by atoms with E-state index in [0.717, 1.165) is 6.42 Å². The molecule has 2 fully saturated rings. The van der Waals surface area contributed by atoms with Gasteiger partial charge in [-0.05, 0) is 65.0 Å². The van der Waals surface area contributed by atoms with Crippen LogP contribution in [0, 0.1) is 5.92 Å². The van der Waals surface area contributed by atoms with E-state index in [1.165, 1.54) is 51.6 Å². The molecule has 19 heavy (non-hydrogen) atoms. The highest BCUT2D eigenvalue weighted by molar-refractivity contribution is 5.65. The lowest BCUT2D eigenvalue weighted by Crippen LogP contribution is -2.44. The van der Waals surface area contributed by atoms with Crippen molar-refractivity contribution < 1.29 is 9.53 Å². The second-order valence-corrected chi connectivity index (χ2v) is 6.74. The SMILES string of the molecule is CC(C)(C[C@@H]1CCCC[C@@H]1N1CCCC1)OC(N)=O. The van der Waals surface area contributed by atoms with Crippen LogP contribution in [0.15, 0.2) is 0 Å². The summed E-state index contributed by atoms with van der Waals surface area (Å²) in [7, 11) is 0. The molecule has 0 aromatic heterocycles. The Kier molecular flexibility index (Phi) is 4.71. The minimum Gasteiger partial charge on any atom is -0.444 e. The van der Waals surface area contributed by atoms with Crippen molar-refractivity contribution in [1.29, 1.82) is 0 Å². The van der Waals surface area contributed by atoms with Crippen molar-refractivity contribution in [2.75, 3.05) is 13.1 Å². The Balaban J connectivity index is 1.96. The van der Waals surface area contributed by atoms with E-state index in [1.54, 1.807) is 0 Å². The molecule has 1 amide bonds. The second kappa shape index (κ2) is 6.12. The summed E-state index contributed by atoms with van der Waals surface area (Å²) in [5, 5.41) is 0. The Bertz CT molecular complexity index is 311. The minimum absolute atomic E-state index is 0.439. The average Bonchev–Trinajstić information content (AvgIpc) is 2.80. The zero-order valence-electron chi connectivity index (χ0n) is 12.4. The highest BCUT2D eigenvalue weighted by atomic mass is 16.6. The third kappa shape index (κ3) is 4.10. The molecule has 0 spiro atoms. The third-order valence-corrected chi connectivity index (χ3v) is 4.61. The van der Waals surface area contributed by atoms with E-state index in [1.807, 2.05) is 13.8 Å². The number of primary amides is 1. The smallest absolute Gasteiger partial charge is 0.405 e. The molecule has 4 nitrogen and oxygen atoms in total. The van der Waals surface area contributed by atoms with Crippen molar-refractivity contribution in [2.24, 2.45) is 11.7 Å². The highest BCUT2D eigenvalue weighted by Gasteiger charge is 2.36. The van der Waals surface area contributed by atoms with Gasteiger partial charge in [0.1, 0.15) is 5.60 Å². The Morgan fingerprint density at radius 3 is 2.47 bits per heavy atom. The number of amides is 1. The number of carbonyl (C=O) groups excluding carboxylic acids is 1. The molecule has 2 rings (SSSR count). The van der Waals surface area contributed by atoms with Gasteiger partial charge in [0, 0.05) is 6.04 Å². The van der Waals surface area contributed by atoms with Crippen molar-refractivity contribution in [3.05, 3.63) is 0 Å². The van der Waals surface area contributed by atoms with Crippen LogP contribution >= 0.6 is 0 Å². The number of likely N-dealkylation sites (tertiary alicyclic amines) is 1. The number of carbonyl (C=O) groups is 1. The first-order valence-electron chi connectivity index (χ1n) is 7.70. The molecule has 2 aliphatic rings. The van der Waals surface area contributed by atoms with Crippen LogP contribution in [0.4, 0.5) is 4.79 Å². The fraction of sp³-hybridized carbons (Fsp3) is 0.933. The van der Waals surface area contributed by atoms with Crippen LogP contribution in [-0.2, 0) is 4.74 Å². The quantitative estimate of drug-likeness (QED) is 0.853. The molecular weight excluding hydrogens is 240 g/mol. The van der Waals surface area contributed by atoms with Crippen LogP contribution < -0.4 is 5.73 Å². The van der Waals surface area contributed by atoms with Gasteiger partial charge < -0.3 is 15.4 Å². The third-order valence-electron chi connectivity index (χ3n) is 4.61. The zero-order chi connectivity index (χ0) is 13.9. The second-order valence-electron chi connectivity index (χ2n) is 6.74. The Labute approximate surface area is 116 Å². The first-order valence-corrected chi connectivity index (χ1v) is 7.70. The summed E-state index contributed by atoms with van der Waals surface area (Å²) in [5.41, 5.74) is 4.73. The summed E-state index contributed by atoms with van der Waals surface area (Å²) < 4.78 is 5.27. The van der Waals surface area contributed by atoms with Gasteiger partial charge >= 0.3 is 6.09 Å². The molecular formula is C15H28N2O2. The molecule has 0 aromatic rings. The lowest BCUT2D eigenvalue weighted by atomic mass is 9.78. The molecule has 1 aliphatic carbocycles. The lowest BCUT2D eigenvalue weighted by molar-refractivity contribution is 0.00384. The molecule has 0 aromatic carbocycles. The molecule has 0 bridgehead atoms. The number of nitrogens with zero attached hydrogens (tertiary/aromatic N) is 1. The fourth-order valence-corrected chi connectivity index (χ4v) is 3.93. The van der Waals surface area contributed by atoms with Crippen molar-refractivity contribution in [3.63, 3.8) is 0 Å². The van der Waals surface area contributed by atoms with E-state index < -0.39 is 11.7 Å². The van der Waals surface area contributed by atoms with Crippen LogP contribution in [0.1, 0.15) is 58.8 Å². The number of nitrogens with two attached hydrogens (primary N) is 1. The maximum absolute atomic E-state index is 11.0. The topological polar surface area (TPSA) is 55.6 Å². The normalized spacial score (nSPS) is 29.4. The summed E-state index contributed by atoms with van der Waals surface area (Å²) in [5.74, 6) is 0.640. The molecule has 2 atom stereocenters. The van der Waals surface area contributed by atoms with E-state index in [-0.39, 0.29) is 0 Å². The fourth-order valence-electron chi connectivity index (χ4n) is 3.93. The zero-order valence-corrected chi connectivity index (χ0v) is 12.4. The van der Waals surface area contributed by atoms with Gasteiger partial charge in [-0.3, -0.25) is 0 Å². The molecule has 1 saturated carbocycles. The van der Waals surface area contributed by atoms with Gasteiger partial charge in [0.2, 0.25) is 0 Å². The van der Waals surface area contributed by atoms with Gasteiger partial charge in [-0.1, -0.05) is 12.8 Å². The van der Waals surface area contributed by atoms with E-state index in [2.05, 4.69) is 4.90 Å². The molecule has 110 valence electrons. The van der Waals surface area contributed by atoms with Crippen LogP contribution in [0.25, 0.3) is 0 Å². The van der Waals surface area contributed by atoms with Crippen molar-refractivity contribution in [1.82, 2.24) is 4.90 Å². The van der Waals surface area contributed by atoms with E-state index in [4.69, 9.17) is 10.5 Å². The number of ether oxygens (including phenoxy) is 1. The van der Waals surface area contributed by atoms with Crippen molar-refractivity contribution in [2.45, 2.75) is 70.4 Å². The van der Waals surface area contributed by atoms with Gasteiger partial charge in [-0.15, -0.1) is 0 Å². The maximum Gasteiger partial charge on any atom is 0.405 e. The predicted octanol–water partition coefficient (Wildman–Crippen LogP) is 2.91. The van der Waals surface area contributed by atoms with Crippen LogP contribution in [0.2, 0.25) is 0 Å². The first kappa shape index (κ1) is 14.6. The summed E-state index contributed by atoms with van der Waals surface area (Å²) in [6.45, 7) is 6.46. The largest absolute Gasteiger partial charge is 0.444 e. The van der Waals surface area contributed by atoms with Gasteiger partial charge in [-0.2, -0.15) is 0 Å². The Morgan fingerprint density at radius 2 is 1.84 bits per heavy atom. The summed E-state index contributed by atoms with van der Waals surface area (Å²) in [6.07, 6.45) is 8.16. The molecule has 1 heterocycles. The van der Waals surface area contributed by atoms with Crippen LogP contribution in [-0.4, -0.2) is 35.7 Å². The monoisotopic (exact) mass is 268 g/mol. The van der Waals surface area contributed by atoms with E-state index in [0.29, 0.717) is 12.0 Å². The highest BCUT2D eigenvalue weighted by Crippen LogP contribution is 2.36. The van der Waals surface area contributed by atoms with E-state index >= 15 is 0 Å². The van der Waals surface area contributed by atoms with Crippen LogP contribution in [0.5, 0.6) is 0 Å². The molecule has 0 radical (unpaired) electrons. The van der Waals surface area contributed by atoms with E-state index in [9.17, 15) is 4.79 Å². The maximum atomic E-state index is 11.0. The molecule has 2 N–H and O–H groups in total. The Hall–Kier alpha value is -0.770. The molecule has 4 heteroatoms. The van der Waals surface area contributed by atoms with Gasteiger partial charge in [0.05, 0.1) is 0 Å². The number of rotatable bonds is 4. The molecule has 1 saturated heterocycles. The summed E-state index contributed by atoms with van der Waals surface area (Å²) in [6, 6.07) is 0.687. The van der Waals surface area contributed by atoms with Crippen molar-refractivity contribution >= 4 is 6.09 Å². The number of hydrogen-bond acceptors (Lipinski definition) is 3. The van der Waals surface area contributed by atoms with Crippen molar-refractivity contribution in [3.8, 4) is 0 Å². The average molecular weight is 268 g/mol. The lowest BCUT2D eigenvalue weighted by Gasteiger charge is -2.41. The molecule has 0 unspecified atom stereocenters. The number of hydrogen-bond donors (Lipinski definition) is 1. The predicted molar refractivity (Wildman–Crippen MR) is 75.9 cm³/mol. The Morgan fingerprint density at radius 1 is 1.21 bits per heavy atom. The summed E-state index contributed by atoms with van der Waals surface area (Å²) in [4.78, 5) is 13.6. The molecule has 1 aliphatic heterocycles. The minimum atomic E-state index is -0.654. The van der Waals surface area contributed by atoms with Crippen LogP contribution in [0.3, 0.4) is 0 Å². The standard InChI is InChI=1S/C15H28N2O2/c1-15(2,19-14(16)18)11-12-7-3-4-8-13(12)17-9-5-6-10-17/h12-13H,3-11H2,1-2H3,(H2,16,18)/t12-,13-/m0/s1.